The summed E-state index contributed by atoms with van der Waals surface area (Å²) >= 11 is 0. The van der Waals surface area contributed by atoms with Gasteiger partial charge in [-0.3, -0.25) is 10.1 Å². The van der Waals surface area contributed by atoms with Crippen molar-refractivity contribution in [2.75, 3.05) is 18.5 Å². The molecular weight excluding hydrogens is 262 g/mol. The van der Waals surface area contributed by atoms with E-state index >= 15 is 0 Å². The molecule has 20 heavy (non-hydrogen) atoms. The van der Waals surface area contributed by atoms with Gasteiger partial charge in [-0.1, -0.05) is 12.1 Å². The summed E-state index contributed by atoms with van der Waals surface area (Å²) < 4.78 is 0. The van der Waals surface area contributed by atoms with Crippen molar-refractivity contribution in [1.29, 1.82) is 0 Å². The molecular formula is C12H17N5O3. The zero-order chi connectivity index (χ0) is 14.9. The van der Waals surface area contributed by atoms with Crippen molar-refractivity contribution in [1.82, 2.24) is 4.98 Å². The van der Waals surface area contributed by atoms with Gasteiger partial charge in [0.15, 0.2) is 5.84 Å². The van der Waals surface area contributed by atoms with Crippen LogP contribution in [0.1, 0.15) is 18.9 Å². The first-order valence-corrected chi connectivity index (χ1v) is 6.27. The molecule has 108 valence electrons. The van der Waals surface area contributed by atoms with Crippen molar-refractivity contribution >= 4 is 17.3 Å². The minimum absolute atomic E-state index is 0.188. The van der Waals surface area contributed by atoms with E-state index in [2.05, 4.69) is 17.1 Å². The summed E-state index contributed by atoms with van der Waals surface area (Å²) in [6.45, 7) is 2.96. The Balaban J connectivity index is 2.33. The molecule has 0 radical (unpaired) electrons. The van der Waals surface area contributed by atoms with Gasteiger partial charge in [-0.15, -0.1) is 0 Å². The van der Waals surface area contributed by atoms with Crippen molar-refractivity contribution in [2.45, 2.75) is 13.3 Å². The molecule has 3 N–H and O–H groups in total. The molecule has 1 aliphatic rings. The summed E-state index contributed by atoms with van der Waals surface area (Å²) in [4.78, 5) is 16.2. The quantitative estimate of drug-likeness (QED) is 0.275. The number of aromatic nitrogens is 1. The van der Waals surface area contributed by atoms with Gasteiger partial charge in [-0.2, -0.15) is 0 Å². The normalized spacial score (nSPS) is 21.6. The molecule has 8 heteroatoms. The average Bonchev–Trinajstić information content (AvgIpc) is 3.12. The molecule has 2 unspecified atom stereocenters. The van der Waals surface area contributed by atoms with Crippen LogP contribution in [0.25, 0.3) is 0 Å². The Kier molecular flexibility index (Phi) is 3.73. The smallest absolute Gasteiger partial charge is 0.288 e. The zero-order valence-corrected chi connectivity index (χ0v) is 11.4. The number of nitrogens with two attached hydrogens (primary N) is 1. The van der Waals surface area contributed by atoms with E-state index in [9.17, 15) is 10.1 Å². The van der Waals surface area contributed by atoms with Gasteiger partial charge in [0, 0.05) is 19.7 Å². The standard InChI is InChI=1S/C12H17N5O3/c1-7-3-8(7)6-16(2)12-10(11(13)15-18)4-9(5-14-12)17(19)20/h4-5,7-8,18H,3,6H2,1-2H3,(H2,13,15). The van der Waals surface area contributed by atoms with Gasteiger partial charge in [0.2, 0.25) is 0 Å². The van der Waals surface area contributed by atoms with Crippen molar-refractivity contribution in [2.24, 2.45) is 22.7 Å². The third kappa shape index (κ3) is 2.79. The van der Waals surface area contributed by atoms with Crippen molar-refractivity contribution < 1.29 is 10.1 Å². The van der Waals surface area contributed by atoms with E-state index in [0.29, 0.717) is 17.7 Å². The minimum Gasteiger partial charge on any atom is -0.409 e. The molecule has 1 aromatic heterocycles. The van der Waals surface area contributed by atoms with E-state index < -0.39 is 4.92 Å². The lowest BCUT2D eigenvalue weighted by molar-refractivity contribution is -0.385. The maximum absolute atomic E-state index is 10.8. The average molecular weight is 279 g/mol. The molecule has 2 rings (SSSR count). The number of hydrogen-bond donors (Lipinski definition) is 2. The Morgan fingerprint density at radius 2 is 2.40 bits per heavy atom. The second-order valence-electron chi connectivity index (χ2n) is 5.16. The van der Waals surface area contributed by atoms with Crippen LogP contribution in [-0.2, 0) is 0 Å². The third-order valence-electron chi connectivity index (χ3n) is 3.59. The molecule has 1 saturated carbocycles. The van der Waals surface area contributed by atoms with Crippen LogP contribution in [0.4, 0.5) is 11.5 Å². The number of oxime groups is 1. The topological polar surface area (TPSA) is 118 Å². The van der Waals surface area contributed by atoms with Crippen LogP contribution in [0, 0.1) is 22.0 Å². The van der Waals surface area contributed by atoms with Crippen LogP contribution in [0.15, 0.2) is 17.4 Å². The molecule has 0 aromatic carbocycles. The highest BCUT2D eigenvalue weighted by Crippen LogP contribution is 2.38. The van der Waals surface area contributed by atoms with Gasteiger partial charge in [0.25, 0.3) is 5.69 Å². The first-order chi connectivity index (χ1) is 9.43. The molecule has 2 atom stereocenters. The van der Waals surface area contributed by atoms with E-state index in [-0.39, 0.29) is 17.1 Å². The third-order valence-corrected chi connectivity index (χ3v) is 3.59. The predicted molar refractivity (Wildman–Crippen MR) is 73.9 cm³/mol. The van der Waals surface area contributed by atoms with Gasteiger partial charge < -0.3 is 15.8 Å². The number of nitrogens with zero attached hydrogens (tertiary/aromatic N) is 4. The van der Waals surface area contributed by atoms with E-state index in [1.807, 2.05) is 11.9 Å². The summed E-state index contributed by atoms with van der Waals surface area (Å²) in [5.41, 5.74) is 5.66. The Bertz CT molecular complexity index is 560. The first-order valence-electron chi connectivity index (χ1n) is 6.27. The summed E-state index contributed by atoms with van der Waals surface area (Å²) in [7, 11) is 1.84. The molecule has 1 heterocycles. The van der Waals surface area contributed by atoms with Gasteiger partial charge >= 0.3 is 0 Å². The van der Waals surface area contributed by atoms with Crippen molar-refractivity contribution in [3.05, 3.63) is 27.9 Å². The van der Waals surface area contributed by atoms with Gasteiger partial charge in [0.05, 0.1) is 10.5 Å². The minimum atomic E-state index is -0.562. The largest absolute Gasteiger partial charge is 0.409 e. The second kappa shape index (κ2) is 5.32. The fourth-order valence-electron chi connectivity index (χ4n) is 2.18. The van der Waals surface area contributed by atoms with E-state index in [0.717, 1.165) is 13.0 Å². The maximum atomic E-state index is 10.8. The van der Waals surface area contributed by atoms with Crippen LogP contribution in [0.5, 0.6) is 0 Å². The number of pyridine rings is 1. The molecule has 1 fully saturated rings. The Labute approximate surface area is 116 Å². The van der Waals surface area contributed by atoms with Gasteiger partial charge in [0.1, 0.15) is 12.0 Å². The fourth-order valence-corrected chi connectivity index (χ4v) is 2.18. The van der Waals surface area contributed by atoms with Crippen molar-refractivity contribution in [3.63, 3.8) is 0 Å². The van der Waals surface area contributed by atoms with Crippen LogP contribution < -0.4 is 10.6 Å². The van der Waals surface area contributed by atoms with Crippen LogP contribution >= 0.6 is 0 Å². The lowest BCUT2D eigenvalue weighted by Crippen LogP contribution is -2.26. The Morgan fingerprint density at radius 3 is 2.90 bits per heavy atom. The van der Waals surface area contributed by atoms with Crippen LogP contribution in [0.2, 0.25) is 0 Å². The molecule has 0 spiro atoms. The highest BCUT2D eigenvalue weighted by atomic mass is 16.6. The SMILES string of the molecule is CC1CC1CN(C)c1ncc([N+](=O)[O-])cc1C(N)=NO. The number of rotatable bonds is 5. The van der Waals surface area contributed by atoms with Crippen LogP contribution in [0.3, 0.4) is 0 Å². The monoisotopic (exact) mass is 279 g/mol. The zero-order valence-electron chi connectivity index (χ0n) is 11.4. The summed E-state index contributed by atoms with van der Waals surface area (Å²) in [6.07, 6.45) is 2.34. The highest BCUT2D eigenvalue weighted by molar-refractivity contribution is 6.01. The fraction of sp³-hybridized carbons (Fsp3) is 0.500. The molecule has 1 aromatic rings. The van der Waals surface area contributed by atoms with Crippen LogP contribution in [-0.4, -0.2) is 34.5 Å². The Hall–Kier alpha value is -2.38. The number of nitro groups is 1. The molecule has 0 bridgehead atoms. The predicted octanol–water partition coefficient (Wildman–Crippen LogP) is 1.18. The lowest BCUT2D eigenvalue weighted by Gasteiger charge is -2.20. The maximum Gasteiger partial charge on any atom is 0.288 e. The lowest BCUT2D eigenvalue weighted by atomic mass is 10.2. The number of hydrogen-bond acceptors (Lipinski definition) is 6. The summed E-state index contributed by atoms with van der Waals surface area (Å²) in [6, 6.07) is 1.27. The molecule has 0 saturated heterocycles. The highest BCUT2D eigenvalue weighted by Gasteiger charge is 2.34. The van der Waals surface area contributed by atoms with E-state index in [4.69, 9.17) is 10.9 Å². The number of anilines is 1. The molecule has 0 amide bonds. The summed E-state index contributed by atoms with van der Waals surface area (Å²) in [5, 5.41) is 22.5. The molecule has 1 aliphatic carbocycles. The van der Waals surface area contributed by atoms with Crippen molar-refractivity contribution in [3.8, 4) is 0 Å². The second-order valence-corrected chi connectivity index (χ2v) is 5.16. The molecule has 0 aliphatic heterocycles. The van der Waals surface area contributed by atoms with Gasteiger partial charge in [-0.05, 0) is 18.3 Å². The summed E-state index contributed by atoms with van der Waals surface area (Å²) in [5.74, 6) is 1.57. The van der Waals surface area contributed by atoms with E-state index in [1.165, 1.54) is 12.3 Å². The Morgan fingerprint density at radius 1 is 1.75 bits per heavy atom. The van der Waals surface area contributed by atoms with Gasteiger partial charge in [-0.25, -0.2) is 4.98 Å². The molecule has 8 nitrogen and oxygen atoms in total. The first kappa shape index (κ1) is 14.0. The number of amidine groups is 1. The van der Waals surface area contributed by atoms with E-state index in [1.54, 1.807) is 0 Å².